The molecule has 0 bridgehead atoms. The maximum Gasteiger partial charge on any atom is 0.409 e. The highest BCUT2D eigenvalue weighted by molar-refractivity contribution is 6.74. The van der Waals surface area contributed by atoms with Crippen LogP contribution in [0, 0.1) is 0 Å². The molecule has 0 saturated carbocycles. The van der Waals surface area contributed by atoms with Gasteiger partial charge >= 0.3 is 30.5 Å². The molecule has 5 aliphatic rings. The molecule has 5 rings (SSSR count). The van der Waals surface area contributed by atoms with Crippen LogP contribution in [0.25, 0.3) is 0 Å². The van der Waals surface area contributed by atoms with Crippen molar-refractivity contribution < 1.29 is 47.7 Å². The van der Waals surface area contributed by atoms with Crippen molar-refractivity contribution in [2.24, 2.45) is 0 Å². The van der Waals surface area contributed by atoms with E-state index in [1.807, 2.05) is 28.5 Å². The highest BCUT2D eigenvalue weighted by Crippen LogP contribution is 2.18. The number of hydrogen-bond acceptors (Lipinski definition) is 15. The Morgan fingerprint density at radius 1 is 0.287 bits per heavy atom. The Bertz CT molecular complexity index is 1740. The van der Waals surface area contributed by atoms with Crippen molar-refractivity contribution in [1.82, 2.24) is 47.3 Å². The van der Waals surface area contributed by atoms with Gasteiger partial charge in [-0.3, -0.25) is 0 Å². The lowest BCUT2D eigenvalue weighted by Crippen LogP contribution is -2.57. The first kappa shape index (κ1) is 75.2. The van der Waals surface area contributed by atoms with Crippen LogP contribution in [0.3, 0.4) is 0 Å². The van der Waals surface area contributed by atoms with E-state index in [1.54, 1.807) is 9.80 Å². The van der Waals surface area contributed by atoms with E-state index in [-0.39, 0.29) is 30.5 Å². The van der Waals surface area contributed by atoms with Crippen LogP contribution in [0.5, 0.6) is 0 Å². The first-order chi connectivity index (χ1) is 37.2. The van der Waals surface area contributed by atoms with E-state index >= 15 is 0 Å². The minimum atomic E-state index is -1.20. The number of unbranched alkanes of at least 4 members (excludes halogenated alkanes) is 3. The van der Waals surface area contributed by atoms with Crippen LogP contribution in [0.4, 0.5) is 24.0 Å². The molecule has 0 aromatic heterocycles. The van der Waals surface area contributed by atoms with Gasteiger partial charge in [0, 0.05) is 131 Å². The molecular formula is C55H120N10O10Si5. The minimum absolute atomic E-state index is 0.124. The summed E-state index contributed by atoms with van der Waals surface area (Å²) in [5.41, 5.74) is 0. The number of amides is 5. The summed E-state index contributed by atoms with van der Waals surface area (Å²) < 4.78 is 38.0. The molecule has 0 aromatic rings. The topological polar surface area (TPSA) is 164 Å². The van der Waals surface area contributed by atoms with Crippen LogP contribution in [-0.2, 0) is 23.7 Å². The quantitative estimate of drug-likeness (QED) is 0.0864. The first-order valence-electron chi connectivity index (χ1n) is 30.5. The molecule has 0 aromatic carbocycles. The molecule has 5 fully saturated rings. The number of ether oxygens (including phenoxy) is 5. The maximum atomic E-state index is 11.8. The third-order valence-electron chi connectivity index (χ3n) is 15.0. The second kappa shape index (κ2) is 37.5. The highest BCUT2D eigenvalue weighted by Gasteiger charge is 2.34. The normalized spacial score (nSPS) is 18.6. The minimum Gasteiger partial charge on any atom is -0.453 e. The van der Waals surface area contributed by atoms with Crippen molar-refractivity contribution in [2.75, 3.05) is 164 Å². The Morgan fingerprint density at radius 3 is 0.725 bits per heavy atom. The molecule has 5 aliphatic heterocycles. The molecule has 470 valence electrons. The van der Waals surface area contributed by atoms with Crippen molar-refractivity contribution in [3.8, 4) is 0 Å². The van der Waals surface area contributed by atoms with Gasteiger partial charge in [0.1, 0.15) is 41.2 Å². The molecule has 5 heterocycles. The number of nitrogens with zero attached hydrogens (tertiary/aromatic N) is 10. The van der Waals surface area contributed by atoms with E-state index in [0.29, 0.717) is 26.4 Å². The molecule has 0 radical (unpaired) electrons. The summed E-state index contributed by atoms with van der Waals surface area (Å²) >= 11 is 0. The number of rotatable bonds is 15. The van der Waals surface area contributed by atoms with Gasteiger partial charge in [-0.2, -0.15) is 0 Å². The second-order valence-corrected chi connectivity index (χ2v) is 51.2. The molecule has 5 saturated heterocycles. The van der Waals surface area contributed by atoms with Crippen LogP contribution >= 0.6 is 0 Å². The lowest BCUT2D eigenvalue weighted by molar-refractivity contribution is 0.0864. The molecule has 0 N–H and O–H groups in total. The van der Waals surface area contributed by atoms with Crippen molar-refractivity contribution in [1.29, 1.82) is 0 Å². The van der Waals surface area contributed by atoms with E-state index < -0.39 is 41.2 Å². The van der Waals surface area contributed by atoms with Crippen molar-refractivity contribution >= 4 is 71.6 Å². The van der Waals surface area contributed by atoms with Gasteiger partial charge in [0.15, 0.2) is 0 Å². The van der Waals surface area contributed by atoms with Crippen molar-refractivity contribution in [3.63, 3.8) is 0 Å². The van der Waals surface area contributed by atoms with Gasteiger partial charge < -0.3 is 71.0 Å². The fourth-order valence-electron chi connectivity index (χ4n) is 9.42. The first-order valence-corrected chi connectivity index (χ1v) is 47.7. The molecule has 80 heavy (non-hydrogen) atoms. The number of methoxy groups -OCH3 is 1. The van der Waals surface area contributed by atoms with Crippen LogP contribution in [0.15, 0.2) is 0 Å². The summed E-state index contributed by atoms with van der Waals surface area (Å²) in [4.78, 5) is 66.9. The Labute approximate surface area is 493 Å². The Kier molecular flexibility index (Phi) is 35.3. The lowest BCUT2D eigenvalue weighted by atomic mass is 10.3. The monoisotopic (exact) mass is 1220 g/mol. The molecule has 0 spiro atoms. The summed E-state index contributed by atoms with van der Waals surface area (Å²) in [5, 5.41) is 0. The summed E-state index contributed by atoms with van der Waals surface area (Å²) in [6.45, 7) is 63.5. The van der Waals surface area contributed by atoms with Gasteiger partial charge in [0.2, 0.25) is 0 Å². The average Bonchev–Trinajstić information content (AvgIpc) is 3.41. The second-order valence-electron chi connectivity index (χ2n) is 26.3. The zero-order valence-corrected chi connectivity index (χ0v) is 59.8. The summed E-state index contributed by atoms with van der Waals surface area (Å²) in [7, 11) is -4.51. The van der Waals surface area contributed by atoms with Gasteiger partial charge in [-0.1, -0.05) is 138 Å². The molecule has 25 heteroatoms. The smallest absolute Gasteiger partial charge is 0.409 e. The Balaban J connectivity index is 0.000000501. The summed E-state index contributed by atoms with van der Waals surface area (Å²) in [6, 6.07) is 0. The van der Waals surface area contributed by atoms with Gasteiger partial charge in [0.05, 0.1) is 33.5 Å². The number of hydrogen-bond donors (Lipinski definition) is 0. The van der Waals surface area contributed by atoms with E-state index in [1.165, 1.54) is 7.11 Å². The third kappa shape index (κ3) is 30.2. The number of piperazine rings is 5. The van der Waals surface area contributed by atoms with Crippen LogP contribution in [-0.4, -0.2) is 283 Å². The molecule has 0 atom stereocenters. The SMILES string of the molecule is CCCCCOC(=O)N1CCN([Si](C)(C)C)CC1.CCCCOC(=O)N1CCN([Si](C)(C)C)CC1.CCCOC(=O)N1CCN([Si](C)(C)C)CC1.CCOC(=O)N1CCN([Si](C)(C)C)CC1.COC(=O)N1CCN([Si](C)(C)C)CC1. The predicted octanol–water partition coefficient (Wildman–Crippen LogP) is 9.93. The number of carbonyl (C=O) groups excluding carboxylic acids is 5. The van der Waals surface area contributed by atoms with E-state index in [4.69, 9.17) is 23.7 Å². The maximum absolute atomic E-state index is 11.8. The Morgan fingerprint density at radius 2 is 0.512 bits per heavy atom. The zero-order valence-electron chi connectivity index (χ0n) is 54.8. The van der Waals surface area contributed by atoms with E-state index in [2.05, 4.69) is 135 Å². The van der Waals surface area contributed by atoms with Gasteiger partial charge in [-0.15, -0.1) is 0 Å². The molecule has 0 unspecified atom stereocenters. The predicted molar refractivity (Wildman–Crippen MR) is 341 cm³/mol. The number of carbonyl (C=O) groups is 5. The molecule has 0 aliphatic carbocycles. The largest absolute Gasteiger partial charge is 0.453 e. The van der Waals surface area contributed by atoms with Crippen molar-refractivity contribution in [3.05, 3.63) is 0 Å². The molecule has 5 amide bonds. The average molecular weight is 1220 g/mol. The lowest BCUT2D eigenvalue weighted by Gasteiger charge is -2.40. The van der Waals surface area contributed by atoms with Gasteiger partial charge in [-0.05, 0) is 26.2 Å². The standard InChI is InChI=1S/C13H28N2O2Si.C12H26N2O2Si.C11H24N2O2Si.C10H22N2O2Si.C9H20N2O2Si/c1-5-6-7-12-17-13(16)14-8-10-15(11-9-14)18(2,3)4;1-5-6-11-16-12(15)13-7-9-14(10-8-13)17(2,3)4;1-5-10-15-11(14)12-6-8-13(9-7-12)16(2,3)4;1-5-14-10(13)11-6-8-12(9-7-11)15(2,3)4;1-13-9(12)10-5-7-11(8-6-10)14(2,3)4/h5-12H2,1-4H3;5-11H2,1-4H3;5-10H2,1-4H3;5-9H2,1-4H3;5-8H2,1-4H3. The van der Waals surface area contributed by atoms with E-state index in [9.17, 15) is 24.0 Å². The van der Waals surface area contributed by atoms with Crippen LogP contribution in [0.1, 0.15) is 66.2 Å². The molecule has 20 nitrogen and oxygen atoms in total. The third-order valence-corrected chi connectivity index (χ3v) is 26.7. The Hall–Kier alpha value is -2.77. The highest BCUT2D eigenvalue weighted by atomic mass is 28.3. The zero-order chi connectivity index (χ0) is 60.9. The van der Waals surface area contributed by atoms with Gasteiger partial charge in [0.25, 0.3) is 0 Å². The van der Waals surface area contributed by atoms with Gasteiger partial charge in [-0.25, -0.2) is 24.0 Å². The van der Waals surface area contributed by atoms with Crippen LogP contribution < -0.4 is 0 Å². The van der Waals surface area contributed by atoms with Crippen molar-refractivity contribution in [2.45, 2.75) is 164 Å². The van der Waals surface area contributed by atoms with E-state index in [0.717, 1.165) is 169 Å². The molecular weight excluding hydrogens is 1100 g/mol. The summed E-state index contributed by atoms with van der Waals surface area (Å²) in [6.07, 6.45) is 5.44. The van der Waals surface area contributed by atoms with Crippen LogP contribution in [0.2, 0.25) is 98.2 Å². The fraction of sp³-hybridized carbons (Fsp3) is 0.909. The summed E-state index contributed by atoms with van der Waals surface area (Å²) in [5.74, 6) is 0. The fourth-order valence-corrected chi connectivity index (χ4v) is 17.1.